The number of nitrogens with zero attached hydrogens (tertiary/aromatic N) is 4. The van der Waals surface area contributed by atoms with Gasteiger partial charge in [-0.2, -0.15) is 13.2 Å². The molecule has 1 N–H and O–H groups in total. The van der Waals surface area contributed by atoms with Crippen LogP contribution < -0.4 is 10.2 Å². The second kappa shape index (κ2) is 6.10. The highest BCUT2D eigenvalue weighted by Crippen LogP contribution is 2.32. The van der Waals surface area contributed by atoms with Crippen molar-refractivity contribution in [3.8, 4) is 0 Å². The van der Waals surface area contributed by atoms with Gasteiger partial charge in [-0.15, -0.1) is 12.4 Å². The lowest BCUT2D eigenvalue weighted by Crippen LogP contribution is -2.44. The summed E-state index contributed by atoms with van der Waals surface area (Å²) in [5.41, 5.74) is 0.832. The highest BCUT2D eigenvalue weighted by molar-refractivity contribution is 5.85. The first-order chi connectivity index (χ1) is 11.0. The summed E-state index contributed by atoms with van der Waals surface area (Å²) >= 11 is 0. The van der Waals surface area contributed by atoms with Crippen LogP contribution in [-0.2, 0) is 6.18 Å². The van der Waals surface area contributed by atoms with Crippen LogP contribution in [0.2, 0.25) is 0 Å². The Bertz CT molecular complexity index is 871. The third-order valence-corrected chi connectivity index (χ3v) is 4.05. The van der Waals surface area contributed by atoms with E-state index in [4.69, 9.17) is 0 Å². The SMILES string of the molecule is Cl.FC(F)(F)c1ccc2nc(N3CCNCC3)c3nccn3c2c1. The molecule has 3 heterocycles. The Balaban J connectivity index is 0.00000169. The Hall–Kier alpha value is -2.06. The molecule has 5 nitrogen and oxygen atoms in total. The van der Waals surface area contributed by atoms with Crippen LogP contribution in [0.5, 0.6) is 0 Å². The van der Waals surface area contributed by atoms with Crippen LogP contribution in [0.1, 0.15) is 5.56 Å². The Morgan fingerprint density at radius 3 is 2.58 bits per heavy atom. The van der Waals surface area contributed by atoms with Gasteiger partial charge in [-0.25, -0.2) is 9.97 Å². The summed E-state index contributed by atoms with van der Waals surface area (Å²) in [6.45, 7) is 3.28. The fourth-order valence-corrected chi connectivity index (χ4v) is 2.90. The van der Waals surface area contributed by atoms with E-state index < -0.39 is 11.7 Å². The predicted molar refractivity (Wildman–Crippen MR) is 87.8 cm³/mol. The minimum Gasteiger partial charge on any atom is -0.351 e. The monoisotopic (exact) mass is 357 g/mol. The molecule has 0 aliphatic carbocycles. The fraction of sp³-hybridized carbons (Fsp3) is 0.333. The number of benzene rings is 1. The normalized spacial score (nSPS) is 15.7. The first-order valence-electron chi connectivity index (χ1n) is 7.34. The van der Waals surface area contributed by atoms with E-state index in [2.05, 4.69) is 20.2 Å². The maximum absolute atomic E-state index is 13.0. The maximum Gasteiger partial charge on any atom is 0.416 e. The molecule has 0 bridgehead atoms. The minimum atomic E-state index is -4.38. The molecule has 0 saturated carbocycles. The number of nitrogens with one attached hydrogen (secondary N) is 1. The van der Waals surface area contributed by atoms with Crippen molar-refractivity contribution in [3.05, 3.63) is 36.2 Å². The lowest BCUT2D eigenvalue weighted by atomic mass is 10.2. The molecular formula is C15H15ClF3N5. The molecule has 0 radical (unpaired) electrons. The number of halogens is 4. The molecule has 0 atom stereocenters. The van der Waals surface area contributed by atoms with Gasteiger partial charge in [0.05, 0.1) is 16.6 Å². The van der Waals surface area contributed by atoms with Crippen LogP contribution in [0.15, 0.2) is 30.6 Å². The summed E-state index contributed by atoms with van der Waals surface area (Å²) in [5, 5.41) is 3.27. The molecule has 24 heavy (non-hydrogen) atoms. The number of fused-ring (bicyclic) bond motifs is 3. The number of rotatable bonds is 1. The lowest BCUT2D eigenvalue weighted by molar-refractivity contribution is -0.137. The molecule has 4 rings (SSSR count). The number of imidazole rings is 1. The molecule has 1 fully saturated rings. The lowest BCUT2D eigenvalue weighted by Gasteiger charge is -2.28. The molecule has 0 spiro atoms. The van der Waals surface area contributed by atoms with Crippen LogP contribution in [0, 0.1) is 0 Å². The summed E-state index contributed by atoms with van der Waals surface area (Å²) in [4.78, 5) is 11.0. The van der Waals surface area contributed by atoms with Gasteiger partial charge >= 0.3 is 6.18 Å². The van der Waals surface area contributed by atoms with E-state index >= 15 is 0 Å². The van der Waals surface area contributed by atoms with Gasteiger partial charge in [0.25, 0.3) is 0 Å². The first-order valence-corrected chi connectivity index (χ1v) is 7.34. The van der Waals surface area contributed by atoms with Crippen molar-refractivity contribution < 1.29 is 13.2 Å². The average molecular weight is 358 g/mol. The van der Waals surface area contributed by atoms with E-state index in [9.17, 15) is 13.2 Å². The minimum absolute atomic E-state index is 0. The molecule has 1 aromatic carbocycles. The zero-order valence-electron chi connectivity index (χ0n) is 12.5. The van der Waals surface area contributed by atoms with Crippen molar-refractivity contribution in [1.29, 1.82) is 0 Å². The van der Waals surface area contributed by atoms with E-state index in [1.165, 1.54) is 6.07 Å². The number of hydrogen-bond acceptors (Lipinski definition) is 4. The molecule has 2 aromatic heterocycles. The number of aromatic nitrogens is 3. The number of piperazine rings is 1. The third kappa shape index (κ3) is 2.76. The van der Waals surface area contributed by atoms with E-state index in [1.807, 2.05) is 0 Å². The van der Waals surface area contributed by atoms with E-state index in [0.29, 0.717) is 22.5 Å². The van der Waals surface area contributed by atoms with Gasteiger partial charge in [0, 0.05) is 38.6 Å². The highest BCUT2D eigenvalue weighted by Gasteiger charge is 2.31. The summed E-state index contributed by atoms with van der Waals surface area (Å²) in [5.74, 6) is 0.712. The van der Waals surface area contributed by atoms with E-state index in [1.54, 1.807) is 16.8 Å². The van der Waals surface area contributed by atoms with Gasteiger partial charge in [0.1, 0.15) is 0 Å². The Morgan fingerprint density at radius 2 is 1.88 bits per heavy atom. The van der Waals surface area contributed by atoms with Crippen LogP contribution in [0.3, 0.4) is 0 Å². The van der Waals surface area contributed by atoms with Crippen molar-refractivity contribution in [3.63, 3.8) is 0 Å². The quantitative estimate of drug-likeness (QED) is 0.727. The molecule has 1 aliphatic heterocycles. The van der Waals surface area contributed by atoms with Crippen LogP contribution in [0.4, 0.5) is 19.0 Å². The second-order valence-electron chi connectivity index (χ2n) is 5.49. The standard InChI is InChI=1S/C15H14F3N5.ClH/c16-15(17,18)10-1-2-11-12(9-10)23-8-5-20-13(23)14(21-11)22-6-3-19-4-7-22;/h1-2,5,8-9,19H,3-4,6-7H2;1H. The van der Waals surface area contributed by atoms with Gasteiger partial charge in [-0.05, 0) is 18.2 Å². The van der Waals surface area contributed by atoms with Crippen molar-refractivity contribution >= 4 is 34.9 Å². The number of anilines is 1. The van der Waals surface area contributed by atoms with E-state index in [0.717, 1.165) is 38.3 Å². The van der Waals surface area contributed by atoms with Gasteiger partial charge in [0.15, 0.2) is 11.5 Å². The molecule has 9 heteroatoms. The number of hydrogen-bond donors (Lipinski definition) is 1. The van der Waals surface area contributed by atoms with E-state index in [-0.39, 0.29) is 12.4 Å². The van der Waals surface area contributed by atoms with Crippen molar-refractivity contribution in [2.75, 3.05) is 31.1 Å². The Labute approximate surface area is 141 Å². The fourth-order valence-electron chi connectivity index (χ4n) is 2.90. The third-order valence-electron chi connectivity index (χ3n) is 4.05. The zero-order chi connectivity index (χ0) is 16.0. The van der Waals surface area contributed by atoms with Gasteiger partial charge in [0.2, 0.25) is 0 Å². The van der Waals surface area contributed by atoms with Gasteiger partial charge in [-0.3, -0.25) is 4.40 Å². The van der Waals surface area contributed by atoms with Crippen molar-refractivity contribution in [2.24, 2.45) is 0 Å². The topological polar surface area (TPSA) is 45.5 Å². The van der Waals surface area contributed by atoms with Crippen molar-refractivity contribution in [1.82, 2.24) is 19.7 Å². The van der Waals surface area contributed by atoms with Crippen LogP contribution in [0.25, 0.3) is 16.7 Å². The van der Waals surface area contributed by atoms with Crippen molar-refractivity contribution in [2.45, 2.75) is 6.18 Å². The molecule has 0 unspecified atom stereocenters. The zero-order valence-corrected chi connectivity index (χ0v) is 13.4. The Morgan fingerprint density at radius 1 is 1.12 bits per heavy atom. The predicted octanol–water partition coefficient (Wildman–Crippen LogP) is 2.73. The largest absolute Gasteiger partial charge is 0.416 e. The second-order valence-corrected chi connectivity index (χ2v) is 5.49. The molecule has 128 valence electrons. The number of alkyl halides is 3. The molecule has 0 amide bonds. The Kier molecular flexibility index (Phi) is 4.27. The first kappa shape index (κ1) is 16.8. The summed E-state index contributed by atoms with van der Waals surface area (Å²) in [6, 6.07) is 3.61. The smallest absolute Gasteiger partial charge is 0.351 e. The van der Waals surface area contributed by atoms with Crippen LogP contribution in [-0.4, -0.2) is 40.5 Å². The van der Waals surface area contributed by atoms with Crippen LogP contribution >= 0.6 is 12.4 Å². The van der Waals surface area contributed by atoms with Gasteiger partial charge in [-0.1, -0.05) is 0 Å². The average Bonchev–Trinajstić information content (AvgIpc) is 3.03. The maximum atomic E-state index is 13.0. The molecule has 1 saturated heterocycles. The molecule has 3 aromatic rings. The highest BCUT2D eigenvalue weighted by atomic mass is 35.5. The van der Waals surface area contributed by atoms with Gasteiger partial charge < -0.3 is 10.2 Å². The molecular weight excluding hydrogens is 343 g/mol. The summed E-state index contributed by atoms with van der Waals surface area (Å²) in [7, 11) is 0. The summed E-state index contributed by atoms with van der Waals surface area (Å²) < 4.78 is 40.5. The molecule has 1 aliphatic rings. The summed E-state index contributed by atoms with van der Waals surface area (Å²) in [6.07, 6.45) is -1.12.